The predicted octanol–water partition coefficient (Wildman–Crippen LogP) is 6.28. The highest BCUT2D eigenvalue weighted by molar-refractivity contribution is 6.05. The molecule has 0 bridgehead atoms. The third-order valence-corrected chi connectivity index (χ3v) is 14.4. The molecule has 326 valence electrons. The molecule has 0 saturated carbocycles. The standard InChI is InChI=1S/C47H51F4N7O4/c1-26-15-35-33-6-2-3-7-38(33)52-43(35)44(57(26)25-40(50)51)42-36(48)18-32(19-37(42)49)55-12-4-5-27(21-55)20-54-13-10-28(11-14-54)46(61)56-22-29-16-31-24-58(39-8-9-41(59)53-45(39)60)47(62)34(31)17-30(29)23-56/h2-3,6-7,16-19,26-28,39-40,44,52H,4-5,8-15,20-25H2,1H3,(H,53,59,60)/t26-,27?,39?,44-/m1/s1. The van der Waals surface area contributed by atoms with Crippen molar-refractivity contribution >= 4 is 40.2 Å². The summed E-state index contributed by atoms with van der Waals surface area (Å²) in [5.74, 6) is -2.18. The van der Waals surface area contributed by atoms with Crippen LogP contribution in [0.15, 0.2) is 48.5 Å². The second-order valence-electron chi connectivity index (χ2n) is 18.3. The molecule has 15 heteroatoms. The van der Waals surface area contributed by atoms with Gasteiger partial charge in [0.25, 0.3) is 12.3 Å². The number of halogens is 4. The fourth-order valence-corrected chi connectivity index (χ4v) is 11.3. The molecule has 7 heterocycles. The van der Waals surface area contributed by atoms with E-state index in [-0.39, 0.29) is 47.6 Å². The van der Waals surface area contributed by atoms with Crippen molar-refractivity contribution in [3.05, 3.63) is 99.2 Å². The Kier molecular flexibility index (Phi) is 10.6. The van der Waals surface area contributed by atoms with Gasteiger partial charge < -0.3 is 24.6 Å². The average Bonchev–Trinajstić information content (AvgIpc) is 3.93. The number of carbonyl (C=O) groups is 4. The van der Waals surface area contributed by atoms with Crippen molar-refractivity contribution in [1.82, 2.24) is 29.9 Å². The number of imide groups is 1. The lowest BCUT2D eigenvalue weighted by molar-refractivity contribution is -0.138. The summed E-state index contributed by atoms with van der Waals surface area (Å²) in [6.45, 7) is 6.10. The van der Waals surface area contributed by atoms with E-state index >= 15 is 8.78 Å². The van der Waals surface area contributed by atoms with Crippen LogP contribution in [-0.4, -0.2) is 106 Å². The summed E-state index contributed by atoms with van der Waals surface area (Å²) in [7, 11) is 0. The predicted molar refractivity (Wildman–Crippen MR) is 223 cm³/mol. The Morgan fingerprint density at radius 3 is 2.37 bits per heavy atom. The Hall–Kier alpha value is -5.28. The molecule has 10 rings (SSSR count). The zero-order chi connectivity index (χ0) is 43.0. The van der Waals surface area contributed by atoms with E-state index in [9.17, 15) is 28.0 Å². The van der Waals surface area contributed by atoms with E-state index in [0.717, 1.165) is 78.5 Å². The summed E-state index contributed by atoms with van der Waals surface area (Å²) in [6, 6.07) is 12.2. The van der Waals surface area contributed by atoms with Gasteiger partial charge in [0, 0.05) is 91.1 Å². The van der Waals surface area contributed by atoms with Crippen LogP contribution in [0.2, 0.25) is 0 Å². The molecule has 4 atom stereocenters. The van der Waals surface area contributed by atoms with Crippen molar-refractivity contribution in [3.8, 4) is 0 Å². The molecule has 3 fully saturated rings. The fourth-order valence-electron chi connectivity index (χ4n) is 11.3. The van der Waals surface area contributed by atoms with Crippen LogP contribution in [0.25, 0.3) is 10.9 Å². The van der Waals surface area contributed by atoms with Gasteiger partial charge in [-0.05, 0) is 111 Å². The van der Waals surface area contributed by atoms with Gasteiger partial charge in [0.2, 0.25) is 17.7 Å². The lowest BCUT2D eigenvalue weighted by atomic mass is 9.88. The molecular weight excluding hydrogens is 803 g/mol. The average molecular weight is 854 g/mol. The molecule has 0 spiro atoms. The molecule has 6 aliphatic heterocycles. The second kappa shape index (κ2) is 16.1. The number of H-pyrrole nitrogens is 1. The van der Waals surface area contributed by atoms with Crippen molar-refractivity contribution < 1.29 is 36.7 Å². The number of aromatic nitrogens is 1. The topological polar surface area (TPSA) is 112 Å². The van der Waals surface area contributed by atoms with Gasteiger partial charge in [-0.15, -0.1) is 0 Å². The number of benzene rings is 3. The third kappa shape index (κ3) is 7.34. The van der Waals surface area contributed by atoms with E-state index in [4.69, 9.17) is 0 Å². The third-order valence-electron chi connectivity index (χ3n) is 14.4. The van der Waals surface area contributed by atoms with Crippen LogP contribution < -0.4 is 10.2 Å². The number of anilines is 1. The van der Waals surface area contributed by atoms with Gasteiger partial charge in [-0.25, -0.2) is 17.6 Å². The van der Waals surface area contributed by atoms with Gasteiger partial charge in [-0.1, -0.05) is 24.3 Å². The number of carbonyl (C=O) groups excluding carboxylic acids is 4. The minimum atomic E-state index is -2.67. The van der Waals surface area contributed by atoms with Gasteiger partial charge in [0.1, 0.15) is 17.7 Å². The van der Waals surface area contributed by atoms with E-state index < -0.39 is 42.6 Å². The van der Waals surface area contributed by atoms with Crippen LogP contribution in [0.1, 0.15) is 95.4 Å². The van der Waals surface area contributed by atoms with Gasteiger partial charge in [0.15, 0.2) is 0 Å². The number of alkyl halides is 2. The van der Waals surface area contributed by atoms with Crippen LogP contribution in [0.3, 0.4) is 0 Å². The molecule has 3 saturated heterocycles. The minimum Gasteiger partial charge on any atom is -0.371 e. The largest absolute Gasteiger partial charge is 0.371 e. The number of aromatic amines is 1. The molecule has 4 aromatic rings. The number of para-hydroxylation sites is 1. The van der Waals surface area contributed by atoms with Crippen LogP contribution in [0.5, 0.6) is 0 Å². The molecular formula is C47H51F4N7O4. The zero-order valence-corrected chi connectivity index (χ0v) is 34.8. The van der Waals surface area contributed by atoms with Crippen LogP contribution in [-0.2, 0) is 40.4 Å². The highest BCUT2D eigenvalue weighted by Crippen LogP contribution is 2.44. The van der Waals surface area contributed by atoms with E-state index in [1.807, 2.05) is 53.1 Å². The Labute approximate surface area is 357 Å². The summed E-state index contributed by atoms with van der Waals surface area (Å²) in [4.78, 5) is 64.0. The first-order valence-electron chi connectivity index (χ1n) is 22.1. The van der Waals surface area contributed by atoms with Gasteiger partial charge in [-0.2, -0.15) is 0 Å². The maximum atomic E-state index is 16.4. The van der Waals surface area contributed by atoms with Crippen molar-refractivity contribution in [2.45, 2.75) is 96.1 Å². The Balaban J connectivity index is 0.758. The molecule has 1 aromatic heterocycles. The lowest BCUT2D eigenvalue weighted by Crippen LogP contribution is -2.52. The van der Waals surface area contributed by atoms with Crippen LogP contribution in [0, 0.1) is 23.5 Å². The maximum absolute atomic E-state index is 16.4. The van der Waals surface area contributed by atoms with Crippen LogP contribution in [0.4, 0.5) is 23.2 Å². The van der Waals surface area contributed by atoms with Crippen molar-refractivity contribution in [2.75, 3.05) is 44.2 Å². The van der Waals surface area contributed by atoms with Crippen molar-refractivity contribution in [3.63, 3.8) is 0 Å². The van der Waals surface area contributed by atoms with Gasteiger partial charge in [-0.3, -0.25) is 29.4 Å². The number of fused-ring (bicyclic) bond motifs is 5. The summed E-state index contributed by atoms with van der Waals surface area (Å²) in [6.07, 6.45) is 1.64. The Morgan fingerprint density at radius 2 is 1.63 bits per heavy atom. The smallest absolute Gasteiger partial charge is 0.255 e. The van der Waals surface area contributed by atoms with E-state index in [1.165, 1.54) is 17.0 Å². The van der Waals surface area contributed by atoms with Gasteiger partial charge in [0.05, 0.1) is 12.6 Å². The highest BCUT2D eigenvalue weighted by atomic mass is 19.3. The Morgan fingerprint density at radius 1 is 0.887 bits per heavy atom. The Bertz CT molecular complexity index is 2440. The molecule has 4 amide bonds. The first-order valence-corrected chi connectivity index (χ1v) is 22.1. The number of hydrogen-bond acceptors (Lipinski definition) is 7. The summed E-state index contributed by atoms with van der Waals surface area (Å²) < 4.78 is 60.7. The normalized spacial score (nSPS) is 24.9. The summed E-state index contributed by atoms with van der Waals surface area (Å²) in [5, 5.41) is 3.28. The number of nitrogens with one attached hydrogen (secondary N) is 2. The van der Waals surface area contributed by atoms with E-state index in [0.29, 0.717) is 62.5 Å². The fraction of sp³-hybridized carbons (Fsp3) is 0.489. The van der Waals surface area contributed by atoms with Gasteiger partial charge >= 0.3 is 0 Å². The molecule has 0 aliphatic carbocycles. The van der Waals surface area contributed by atoms with E-state index in [1.54, 1.807) is 4.90 Å². The number of nitrogens with zero attached hydrogens (tertiary/aromatic N) is 5. The molecule has 2 N–H and O–H groups in total. The quantitative estimate of drug-likeness (QED) is 0.159. The summed E-state index contributed by atoms with van der Waals surface area (Å²) >= 11 is 0. The van der Waals surface area contributed by atoms with Crippen molar-refractivity contribution in [2.24, 2.45) is 11.8 Å². The molecule has 62 heavy (non-hydrogen) atoms. The zero-order valence-electron chi connectivity index (χ0n) is 34.8. The first-order chi connectivity index (χ1) is 29.9. The number of likely N-dealkylation sites (tertiary alicyclic amines) is 1. The number of hydrogen-bond donors (Lipinski definition) is 2. The molecule has 3 aromatic carbocycles. The number of piperidine rings is 3. The lowest BCUT2D eigenvalue weighted by Gasteiger charge is -2.41. The molecule has 2 unspecified atom stereocenters. The molecule has 6 aliphatic rings. The first kappa shape index (κ1) is 40.8. The SMILES string of the molecule is C[C@@H]1Cc2c([nH]c3ccccc23)[C@@H](c2c(F)cc(N3CCCC(CN4CCC(C(=O)N5Cc6cc7c(cc6C5)C(=O)N(C5CCC(=O)NC5=O)C7)CC4)C3)cc2F)N1CC(F)F. The minimum absolute atomic E-state index is 0.103. The number of amides is 4. The highest BCUT2D eigenvalue weighted by Gasteiger charge is 2.42. The second-order valence-corrected chi connectivity index (χ2v) is 18.3. The molecule has 0 radical (unpaired) electrons. The molecule has 11 nitrogen and oxygen atoms in total. The maximum Gasteiger partial charge on any atom is 0.255 e. The van der Waals surface area contributed by atoms with Crippen molar-refractivity contribution in [1.29, 1.82) is 0 Å². The number of rotatable bonds is 8. The monoisotopic (exact) mass is 853 g/mol. The van der Waals surface area contributed by atoms with E-state index in [2.05, 4.69) is 15.2 Å². The van der Waals surface area contributed by atoms with Crippen LogP contribution >= 0.6 is 0 Å². The summed E-state index contributed by atoms with van der Waals surface area (Å²) in [5.41, 5.74) is 5.88.